The van der Waals surface area contributed by atoms with E-state index in [1.54, 1.807) is 0 Å². The van der Waals surface area contributed by atoms with E-state index in [9.17, 15) is 5.11 Å². The van der Waals surface area contributed by atoms with Crippen molar-refractivity contribution in [3.05, 3.63) is 11.6 Å². The van der Waals surface area contributed by atoms with Gasteiger partial charge >= 0.3 is 0 Å². The van der Waals surface area contributed by atoms with Gasteiger partial charge in [0.15, 0.2) is 5.82 Å². The number of hydrogen-bond acceptors (Lipinski definition) is 3. The Bertz CT molecular complexity index is 365. The number of aliphatic hydroxyl groups excluding tert-OH is 1. The highest BCUT2D eigenvalue weighted by Gasteiger charge is 2.22. The summed E-state index contributed by atoms with van der Waals surface area (Å²) in [5, 5.41) is 17.9. The monoisotopic (exact) mass is 251 g/mol. The maximum atomic E-state index is 9.38. The lowest BCUT2D eigenvalue weighted by Crippen LogP contribution is -2.15. The summed E-state index contributed by atoms with van der Waals surface area (Å²) in [7, 11) is 0. The van der Waals surface area contributed by atoms with Crippen LogP contribution in [0.5, 0.6) is 0 Å². The van der Waals surface area contributed by atoms with Gasteiger partial charge in [0.25, 0.3) is 0 Å². The Balaban J connectivity index is 2.22. The van der Waals surface area contributed by atoms with E-state index in [1.165, 1.54) is 38.5 Å². The molecule has 1 aromatic heterocycles. The zero-order valence-corrected chi connectivity index (χ0v) is 11.6. The minimum Gasteiger partial charge on any atom is -0.388 e. The van der Waals surface area contributed by atoms with E-state index in [0.29, 0.717) is 11.8 Å². The number of rotatable bonds is 4. The highest BCUT2D eigenvalue weighted by Crippen LogP contribution is 2.31. The van der Waals surface area contributed by atoms with E-state index in [2.05, 4.69) is 28.6 Å². The predicted octanol–water partition coefficient (Wildman–Crippen LogP) is 2.86. The minimum absolute atomic E-state index is 0.00750. The summed E-state index contributed by atoms with van der Waals surface area (Å²) in [6, 6.07) is 0. The first kappa shape index (κ1) is 13.5. The summed E-state index contributed by atoms with van der Waals surface area (Å²) in [6.07, 6.45) is 7.74. The molecule has 2 rings (SSSR count). The van der Waals surface area contributed by atoms with Gasteiger partial charge in [0.2, 0.25) is 0 Å². The number of hydrogen-bond donors (Lipinski definition) is 1. The van der Waals surface area contributed by atoms with Crippen LogP contribution in [-0.2, 0) is 13.2 Å². The van der Waals surface area contributed by atoms with Crippen LogP contribution < -0.4 is 0 Å². The highest BCUT2D eigenvalue weighted by molar-refractivity contribution is 5.02. The second kappa shape index (κ2) is 6.32. The molecule has 1 fully saturated rings. The summed E-state index contributed by atoms with van der Waals surface area (Å²) in [4.78, 5) is 0. The normalized spacial score (nSPS) is 18.2. The molecule has 1 aliphatic rings. The minimum atomic E-state index is -0.00750. The van der Waals surface area contributed by atoms with Crippen LogP contribution >= 0.6 is 0 Å². The lowest BCUT2D eigenvalue weighted by molar-refractivity contribution is 0.261. The van der Waals surface area contributed by atoms with Gasteiger partial charge in [0.1, 0.15) is 12.4 Å². The number of aliphatic hydroxyl groups is 1. The van der Waals surface area contributed by atoms with Crippen LogP contribution in [0.4, 0.5) is 0 Å². The van der Waals surface area contributed by atoms with Gasteiger partial charge in [0, 0.05) is 12.5 Å². The Kier molecular flexibility index (Phi) is 4.75. The molecule has 1 aromatic rings. The van der Waals surface area contributed by atoms with Crippen LogP contribution in [0.1, 0.15) is 69.9 Å². The molecule has 0 amide bonds. The van der Waals surface area contributed by atoms with Crippen molar-refractivity contribution in [2.24, 2.45) is 5.92 Å². The average Bonchev–Trinajstić information content (AvgIpc) is 2.57. The number of aromatic nitrogens is 3. The SMILES string of the molecule is CC(C)Cn1c(CO)nnc1C1CCCCCC1. The van der Waals surface area contributed by atoms with Crippen LogP contribution in [0, 0.1) is 5.92 Å². The molecule has 4 nitrogen and oxygen atoms in total. The molecule has 4 heteroatoms. The van der Waals surface area contributed by atoms with Gasteiger partial charge in [0.05, 0.1) is 0 Å². The van der Waals surface area contributed by atoms with Gasteiger partial charge in [-0.2, -0.15) is 0 Å². The molecule has 0 unspecified atom stereocenters. The van der Waals surface area contributed by atoms with Crippen LogP contribution in [0.2, 0.25) is 0 Å². The van der Waals surface area contributed by atoms with E-state index < -0.39 is 0 Å². The lowest BCUT2D eigenvalue weighted by atomic mass is 9.99. The van der Waals surface area contributed by atoms with E-state index in [0.717, 1.165) is 18.2 Å². The summed E-state index contributed by atoms with van der Waals surface area (Å²) in [5.41, 5.74) is 0. The third kappa shape index (κ3) is 3.10. The zero-order valence-electron chi connectivity index (χ0n) is 11.6. The van der Waals surface area contributed by atoms with Gasteiger partial charge in [-0.25, -0.2) is 0 Å². The Morgan fingerprint density at radius 1 is 1.17 bits per heavy atom. The van der Waals surface area contributed by atoms with Crippen molar-refractivity contribution in [2.75, 3.05) is 0 Å². The smallest absolute Gasteiger partial charge is 0.158 e. The highest BCUT2D eigenvalue weighted by atomic mass is 16.3. The van der Waals surface area contributed by atoms with Gasteiger partial charge in [-0.3, -0.25) is 0 Å². The maximum Gasteiger partial charge on any atom is 0.158 e. The van der Waals surface area contributed by atoms with Crippen molar-refractivity contribution in [1.29, 1.82) is 0 Å². The topological polar surface area (TPSA) is 50.9 Å². The largest absolute Gasteiger partial charge is 0.388 e. The molecule has 1 heterocycles. The lowest BCUT2D eigenvalue weighted by Gasteiger charge is -2.17. The van der Waals surface area contributed by atoms with Gasteiger partial charge in [-0.1, -0.05) is 39.5 Å². The standard InChI is InChI=1S/C14H25N3O/c1-11(2)9-17-13(10-18)15-16-14(17)12-7-5-3-4-6-8-12/h11-12,18H,3-10H2,1-2H3. The van der Waals surface area contributed by atoms with Crippen molar-refractivity contribution >= 4 is 0 Å². The Labute approximate surface area is 109 Å². The third-order valence-electron chi connectivity index (χ3n) is 3.77. The molecule has 0 atom stereocenters. The first-order chi connectivity index (χ1) is 8.72. The Hall–Kier alpha value is -0.900. The molecule has 0 radical (unpaired) electrons. The quantitative estimate of drug-likeness (QED) is 0.837. The Morgan fingerprint density at radius 3 is 2.39 bits per heavy atom. The van der Waals surface area contributed by atoms with Crippen LogP contribution in [0.3, 0.4) is 0 Å². The maximum absolute atomic E-state index is 9.38. The molecular formula is C14H25N3O. The molecule has 0 spiro atoms. The van der Waals surface area contributed by atoms with E-state index in [-0.39, 0.29) is 6.61 Å². The van der Waals surface area contributed by atoms with Crippen molar-refractivity contribution in [3.8, 4) is 0 Å². The zero-order chi connectivity index (χ0) is 13.0. The molecular weight excluding hydrogens is 226 g/mol. The van der Waals surface area contributed by atoms with Gasteiger partial charge in [-0.15, -0.1) is 10.2 Å². The molecule has 18 heavy (non-hydrogen) atoms. The first-order valence-corrected chi connectivity index (χ1v) is 7.25. The third-order valence-corrected chi connectivity index (χ3v) is 3.77. The second-order valence-corrected chi connectivity index (χ2v) is 5.83. The summed E-state index contributed by atoms with van der Waals surface area (Å²) in [6.45, 7) is 5.29. The first-order valence-electron chi connectivity index (χ1n) is 7.25. The fourth-order valence-electron chi connectivity index (χ4n) is 2.87. The van der Waals surface area contributed by atoms with Crippen LogP contribution in [0.15, 0.2) is 0 Å². The Morgan fingerprint density at radius 2 is 1.83 bits per heavy atom. The second-order valence-electron chi connectivity index (χ2n) is 5.83. The van der Waals surface area contributed by atoms with Crippen molar-refractivity contribution in [1.82, 2.24) is 14.8 Å². The molecule has 1 aliphatic carbocycles. The van der Waals surface area contributed by atoms with Crippen molar-refractivity contribution in [2.45, 2.75) is 71.4 Å². The summed E-state index contributed by atoms with van der Waals surface area (Å²) < 4.78 is 2.15. The van der Waals surface area contributed by atoms with Crippen molar-refractivity contribution < 1.29 is 5.11 Å². The molecule has 0 aromatic carbocycles. The van der Waals surface area contributed by atoms with E-state index in [1.807, 2.05) is 0 Å². The van der Waals surface area contributed by atoms with Crippen molar-refractivity contribution in [3.63, 3.8) is 0 Å². The van der Waals surface area contributed by atoms with Crippen LogP contribution in [-0.4, -0.2) is 19.9 Å². The molecule has 1 saturated carbocycles. The van der Waals surface area contributed by atoms with Crippen LogP contribution in [0.25, 0.3) is 0 Å². The molecule has 102 valence electrons. The number of nitrogens with zero attached hydrogens (tertiary/aromatic N) is 3. The fraction of sp³-hybridized carbons (Fsp3) is 0.857. The molecule has 0 aliphatic heterocycles. The summed E-state index contributed by atoms with van der Waals surface area (Å²) in [5.74, 6) is 2.92. The molecule has 0 saturated heterocycles. The average molecular weight is 251 g/mol. The van der Waals surface area contributed by atoms with E-state index in [4.69, 9.17) is 0 Å². The molecule has 0 bridgehead atoms. The van der Waals surface area contributed by atoms with E-state index >= 15 is 0 Å². The molecule has 1 N–H and O–H groups in total. The predicted molar refractivity (Wildman–Crippen MR) is 71.2 cm³/mol. The van der Waals surface area contributed by atoms with Gasteiger partial charge in [-0.05, 0) is 18.8 Å². The van der Waals surface area contributed by atoms with Gasteiger partial charge < -0.3 is 9.67 Å². The summed E-state index contributed by atoms with van der Waals surface area (Å²) >= 11 is 0. The fourth-order valence-corrected chi connectivity index (χ4v) is 2.87.